The molecule has 104 valence electrons. The van der Waals surface area contributed by atoms with Gasteiger partial charge in [0.2, 0.25) is 0 Å². The van der Waals surface area contributed by atoms with Gasteiger partial charge in [0.25, 0.3) is 0 Å². The quantitative estimate of drug-likeness (QED) is 0.878. The molecule has 5 heteroatoms. The van der Waals surface area contributed by atoms with Gasteiger partial charge in [-0.2, -0.15) is 0 Å². The lowest BCUT2D eigenvalue weighted by Gasteiger charge is -2.07. The van der Waals surface area contributed by atoms with E-state index in [4.69, 9.17) is 0 Å². The highest BCUT2D eigenvalue weighted by atomic mass is 19.1. The molecule has 0 fully saturated rings. The number of hydrogen-bond donors (Lipinski definition) is 2. The highest BCUT2D eigenvalue weighted by Crippen LogP contribution is 2.02. The molecule has 2 amide bonds. The van der Waals surface area contributed by atoms with Gasteiger partial charge in [-0.05, 0) is 35.7 Å². The van der Waals surface area contributed by atoms with Gasteiger partial charge in [-0.25, -0.2) is 9.18 Å². The van der Waals surface area contributed by atoms with Gasteiger partial charge in [0.15, 0.2) is 0 Å². The molecular weight excluding hydrogens is 257 g/mol. The minimum absolute atomic E-state index is 0.226. The molecule has 0 atom stereocenters. The summed E-state index contributed by atoms with van der Waals surface area (Å²) < 4.78 is 12.7. The number of nitrogens with zero attached hydrogens (tertiary/aromatic N) is 1. The monoisotopic (exact) mass is 273 g/mol. The third-order valence-electron chi connectivity index (χ3n) is 2.79. The molecule has 0 saturated carbocycles. The minimum atomic E-state index is -0.254. The SMILES string of the molecule is O=C(NCCc1ccc(F)cc1)NCc1cccnc1. The fraction of sp³-hybridized carbons (Fsp3) is 0.200. The lowest BCUT2D eigenvalue weighted by Crippen LogP contribution is -2.36. The number of halogens is 1. The van der Waals surface area contributed by atoms with Crippen LogP contribution in [-0.4, -0.2) is 17.6 Å². The van der Waals surface area contributed by atoms with Crippen molar-refractivity contribution >= 4 is 6.03 Å². The molecule has 1 heterocycles. The predicted octanol–water partition coefficient (Wildman–Crippen LogP) is 2.26. The van der Waals surface area contributed by atoms with Gasteiger partial charge in [-0.15, -0.1) is 0 Å². The third-order valence-corrected chi connectivity index (χ3v) is 2.79. The average Bonchev–Trinajstić information content (AvgIpc) is 2.48. The van der Waals surface area contributed by atoms with E-state index in [2.05, 4.69) is 15.6 Å². The number of carbonyl (C=O) groups excluding carboxylic acids is 1. The van der Waals surface area contributed by atoms with Crippen LogP contribution in [0.2, 0.25) is 0 Å². The molecule has 20 heavy (non-hydrogen) atoms. The van der Waals surface area contributed by atoms with Crippen molar-refractivity contribution in [1.82, 2.24) is 15.6 Å². The number of carbonyl (C=O) groups is 1. The second-order valence-corrected chi connectivity index (χ2v) is 4.35. The summed E-state index contributed by atoms with van der Waals surface area (Å²) >= 11 is 0. The van der Waals surface area contributed by atoms with E-state index in [0.29, 0.717) is 19.5 Å². The Hall–Kier alpha value is -2.43. The van der Waals surface area contributed by atoms with Crippen molar-refractivity contribution in [3.63, 3.8) is 0 Å². The Kier molecular flexibility index (Phi) is 5.06. The first-order valence-corrected chi connectivity index (χ1v) is 6.39. The lowest BCUT2D eigenvalue weighted by molar-refractivity contribution is 0.240. The van der Waals surface area contributed by atoms with E-state index in [9.17, 15) is 9.18 Å². The van der Waals surface area contributed by atoms with Gasteiger partial charge < -0.3 is 10.6 Å². The first kappa shape index (κ1) is 14.0. The Bertz CT molecular complexity index is 543. The number of pyridine rings is 1. The predicted molar refractivity (Wildman–Crippen MR) is 74.6 cm³/mol. The van der Waals surface area contributed by atoms with Crippen molar-refractivity contribution in [3.8, 4) is 0 Å². The number of nitrogens with one attached hydrogen (secondary N) is 2. The molecular formula is C15H16FN3O. The Morgan fingerprint density at radius 2 is 1.90 bits per heavy atom. The highest BCUT2D eigenvalue weighted by Gasteiger charge is 2.00. The van der Waals surface area contributed by atoms with Gasteiger partial charge in [0, 0.05) is 25.5 Å². The number of benzene rings is 1. The van der Waals surface area contributed by atoms with E-state index in [1.54, 1.807) is 24.5 Å². The molecule has 0 aliphatic carbocycles. The van der Waals surface area contributed by atoms with E-state index in [1.807, 2.05) is 12.1 Å². The van der Waals surface area contributed by atoms with Crippen LogP contribution in [0.1, 0.15) is 11.1 Å². The van der Waals surface area contributed by atoms with Crippen LogP contribution in [-0.2, 0) is 13.0 Å². The van der Waals surface area contributed by atoms with Gasteiger partial charge >= 0.3 is 6.03 Å². The molecule has 1 aromatic heterocycles. The summed E-state index contributed by atoms with van der Waals surface area (Å²) in [6, 6.07) is 9.75. The Labute approximate surface area is 117 Å². The van der Waals surface area contributed by atoms with Crippen LogP contribution in [0.15, 0.2) is 48.8 Å². The number of urea groups is 1. The zero-order valence-electron chi connectivity index (χ0n) is 11.0. The van der Waals surface area contributed by atoms with Crippen molar-refractivity contribution < 1.29 is 9.18 Å². The van der Waals surface area contributed by atoms with E-state index >= 15 is 0 Å². The summed E-state index contributed by atoms with van der Waals surface area (Å²) in [7, 11) is 0. The molecule has 0 saturated heterocycles. The number of rotatable bonds is 5. The molecule has 0 spiro atoms. The van der Waals surface area contributed by atoms with Gasteiger partial charge in [-0.1, -0.05) is 18.2 Å². The maximum Gasteiger partial charge on any atom is 0.315 e. The van der Waals surface area contributed by atoms with Crippen LogP contribution in [0.25, 0.3) is 0 Å². The molecule has 0 aliphatic rings. The van der Waals surface area contributed by atoms with E-state index in [0.717, 1.165) is 11.1 Å². The highest BCUT2D eigenvalue weighted by molar-refractivity contribution is 5.73. The van der Waals surface area contributed by atoms with Gasteiger partial charge in [-0.3, -0.25) is 4.98 Å². The van der Waals surface area contributed by atoms with E-state index < -0.39 is 0 Å². The van der Waals surface area contributed by atoms with Crippen LogP contribution in [0.5, 0.6) is 0 Å². The summed E-state index contributed by atoms with van der Waals surface area (Å²) in [6.07, 6.45) is 4.06. The van der Waals surface area contributed by atoms with Crippen LogP contribution in [0.3, 0.4) is 0 Å². The Morgan fingerprint density at radius 1 is 1.10 bits per heavy atom. The molecule has 2 N–H and O–H groups in total. The summed E-state index contributed by atoms with van der Waals surface area (Å²) in [5.41, 5.74) is 1.93. The van der Waals surface area contributed by atoms with E-state index in [1.165, 1.54) is 12.1 Å². The lowest BCUT2D eigenvalue weighted by atomic mass is 10.1. The maximum atomic E-state index is 12.7. The first-order valence-electron chi connectivity index (χ1n) is 6.39. The third kappa shape index (κ3) is 4.68. The standard InChI is InChI=1S/C15H16FN3O/c16-14-5-3-12(4-6-14)7-9-18-15(20)19-11-13-2-1-8-17-10-13/h1-6,8,10H,7,9,11H2,(H2,18,19,20). The summed E-state index contributed by atoms with van der Waals surface area (Å²) in [6.45, 7) is 0.945. The first-order chi connectivity index (χ1) is 9.74. The second-order valence-electron chi connectivity index (χ2n) is 4.35. The molecule has 0 bridgehead atoms. The molecule has 2 rings (SSSR count). The summed E-state index contributed by atoms with van der Waals surface area (Å²) in [4.78, 5) is 15.5. The van der Waals surface area contributed by atoms with Crippen molar-refractivity contribution in [2.75, 3.05) is 6.54 Å². The fourth-order valence-corrected chi connectivity index (χ4v) is 1.72. The van der Waals surface area contributed by atoms with Crippen LogP contribution in [0.4, 0.5) is 9.18 Å². The van der Waals surface area contributed by atoms with Crippen molar-refractivity contribution in [1.29, 1.82) is 0 Å². The number of amides is 2. The maximum absolute atomic E-state index is 12.7. The van der Waals surface area contributed by atoms with Crippen molar-refractivity contribution in [2.45, 2.75) is 13.0 Å². The fourth-order valence-electron chi connectivity index (χ4n) is 1.72. The van der Waals surface area contributed by atoms with Crippen LogP contribution >= 0.6 is 0 Å². The topological polar surface area (TPSA) is 54.0 Å². The van der Waals surface area contributed by atoms with Crippen molar-refractivity contribution in [3.05, 3.63) is 65.7 Å². The Balaban J connectivity index is 1.66. The number of hydrogen-bond acceptors (Lipinski definition) is 2. The van der Waals surface area contributed by atoms with E-state index in [-0.39, 0.29) is 11.8 Å². The smallest absolute Gasteiger partial charge is 0.315 e. The molecule has 0 aliphatic heterocycles. The van der Waals surface area contributed by atoms with Crippen LogP contribution < -0.4 is 10.6 Å². The molecule has 0 unspecified atom stereocenters. The minimum Gasteiger partial charge on any atom is -0.338 e. The zero-order chi connectivity index (χ0) is 14.2. The van der Waals surface area contributed by atoms with Crippen LogP contribution in [0, 0.1) is 5.82 Å². The van der Waals surface area contributed by atoms with Gasteiger partial charge in [0.1, 0.15) is 5.82 Å². The average molecular weight is 273 g/mol. The molecule has 2 aromatic rings. The number of aromatic nitrogens is 1. The second kappa shape index (κ2) is 7.23. The zero-order valence-corrected chi connectivity index (χ0v) is 11.0. The molecule has 0 radical (unpaired) electrons. The molecule has 1 aromatic carbocycles. The van der Waals surface area contributed by atoms with Crippen molar-refractivity contribution in [2.24, 2.45) is 0 Å². The van der Waals surface area contributed by atoms with Gasteiger partial charge in [0.05, 0.1) is 0 Å². The normalized spacial score (nSPS) is 10.1. The Morgan fingerprint density at radius 3 is 2.60 bits per heavy atom. The summed E-state index contributed by atoms with van der Waals surface area (Å²) in [5, 5.41) is 5.50. The largest absolute Gasteiger partial charge is 0.338 e. The summed E-state index contributed by atoms with van der Waals surface area (Å²) in [5.74, 6) is -0.254. The molecule has 4 nitrogen and oxygen atoms in total.